The topological polar surface area (TPSA) is 51.5 Å². The van der Waals surface area contributed by atoms with Crippen LogP contribution in [-0.4, -0.2) is 15.6 Å². The molecule has 0 aliphatic carbocycles. The van der Waals surface area contributed by atoms with Gasteiger partial charge < -0.3 is 14.4 Å². The highest BCUT2D eigenvalue weighted by Crippen LogP contribution is 2.31. The standard InChI is InChI=1S/C28H24F3NO3/c1-27(26(33)34,32-16-2-3-17-32)18-20-6-14-25(15-7-20)35-19-21-4-8-22(9-5-21)23-10-12-24(13-11-23)28(29,30)31/h2-17H,18-19H2,1H3,(H,33,34). The number of ether oxygens (including phenoxy) is 1. The Morgan fingerprint density at radius 2 is 1.34 bits per heavy atom. The summed E-state index contributed by atoms with van der Waals surface area (Å²) in [5, 5.41) is 9.78. The van der Waals surface area contributed by atoms with Gasteiger partial charge in [0.25, 0.3) is 0 Å². The van der Waals surface area contributed by atoms with E-state index in [-0.39, 0.29) is 0 Å². The third-order valence-electron chi connectivity index (χ3n) is 6.01. The molecule has 3 aromatic carbocycles. The molecule has 0 saturated heterocycles. The van der Waals surface area contributed by atoms with Gasteiger partial charge in [0.2, 0.25) is 0 Å². The van der Waals surface area contributed by atoms with Crippen molar-refractivity contribution in [2.24, 2.45) is 0 Å². The number of carboxylic acids is 1. The fraction of sp³-hybridized carbons (Fsp3) is 0.179. The molecule has 0 saturated carbocycles. The van der Waals surface area contributed by atoms with Gasteiger partial charge in [0.05, 0.1) is 5.56 Å². The fourth-order valence-electron chi connectivity index (χ4n) is 3.85. The lowest BCUT2D eigenvalue weighted by Gasteiger charge is -2.27. The van der Waals surface area contributed by atoms with Crippen molar-refractivity contribution >= 4 is 5.97 Å². The van der Waals surface area contributed by atoms with E-state index in [0.717, 1.165) is 28.8 Å². The molecule has 0 spiro atoms. The Balaban J connectivity index is 1.36. The molecule has 0 aliphatic heterocycles. The number of halogens is 3. The van der Waals surface area contributed by atoms with Gasteiger partial charge in [-0.25, -0.2) is 4.79 Å². The Kier molecular flexibility index (Phi) is 6.69. The first-order valence-electron chi connectivity index (χ1n) is 11.0. The maximum atomic E-state index is 12.7. The lowest BCUT2D eigenvalue weighted by Crippen LogP contribution is -2.40. The van der Waals surface area contributed by atoms with E-state index in [2.05, 4.69) is 0 Å². The number of hydrogen-bond acceptors (Lipinski definition) is 2. The summed E-state index contributed by atoms with van der Waals surface area (Å²) in [4.78, 5) is 11.9. The van der Waals surface area contributed by atoms with Crippen molar-refractivity contribution < 1.29 is 27.8 Å². The van der Waals surface area contributed by atoms with E-state index >= 15 is 0 Å². The predicted octanol–water partition coefficient (Wildman–Crippen LogP) is 6.80. The summed E-state index contributed by atoms with van der Waals surface area (Å²) in [6.45, 7) is 2.01. The molecule has 4 nitrogen and oxygen atoms in total. The first-order valence-corrected chi connectivity index (χ1v) is 11.0. The van der Waals surface area contributed by atoms with Gasteiger partial charge in [-0.1, -0.05) is 48.5 Å². The summed E-state index contributed by atoms with van der Waals surface area (Å²) in [7, 11) is 0. The van der Waals surface area contributed by atoms with Gasteiger partial charge in [0.1, 0.15) is 17.9 Å². The van der Waals surface area contributed by atoms with Gasteiger partial charge in [-0.05, 0) is 65.6 Å². The third kappa shape index (κ3) is 5.57. The van der Waals surface area contributed by atoms with E-state index in [1.54, 1.807) is 36.0 Å². The molecule has 4 aromatic rings. The Hall–Kier alpha value is -4.00. The van der Waals surface area contributed by atoms with Crippen LogP contribution < -0.4 is 4.74 Å². The van der Waals surface area contributed by atoms with E-state index < -0.39 is 23.2 Å². The van der Waals surface area contributed by atoms with E-state index in [1.165, 1.54) is 12.1 Å². The average Bonchev–Trinajstić information content (AvgIpc) is 3.39. The number of aliphatic carboxylic acids is 1. The number of aromatic nitrogens is 1. The van der Waals surface area contributed by atoms with Gasteiger partial charge in [0.15, 0.2) is 0 Å². The first kappa shape index (κ1) is 24.1. The minimum absolute atomic E-state index is 0.322. The van der Waals surface area contributed by atoms with Crippen LogP contribution in [0.2, 0.25) is 0 Å². The quantitative estimate of drug-likeness (QED) is 0.303. The molecule has 1 N–H and O–H groups in total. The van der Waals surface area contributed by atoms with Crippen molar-refractivity contribution in [1.82, 2.24) is 4.57 Å². The fourth-order valence-corrected chi connectivity index (χ4v) is 3.85. The van der Waals surface area contributed by atoms with Crippen molar-refractivity contribution in [1.29, 1.82) is 0 Å². The number of carboxylic acid groups (broad SMARTS) is 1. The van der Waals surface area contributed by atoms with E-state index in [4.69, 9.17) is 4.74 Å². The summed E-state index contributed by atoms with van der Waals surface area (Å²) in [6.07, 6.45) is -0.540. The van der Waals surface area contributed by atoms with Crippen LogP contribution >= 0.6 is 0 Å². The third-order valence-corrected chi connectivity index (χ3v) is 6.01. The minimum atomic E-state index is -4.35. The zero-order chi connectivity index (χ0) is 25.1. The molecule has 1 heterocycles. The number of carbonyl (C=O) groups is 1. The molecule has 1 aromatic heterocycles. The summed E-state index contributed by atoms with van der Waals surface area (Å²) in [6, 6.07) is 23.4. The molecule has 1 atom stereocenters. The van der Waals surface area contributed by atoms with Crippen LogP contribution in [-0.2, 0) is 29.5 Å². The smallest absolute Gasteiger partial charge is 0.416 e. The summed E-state index contributed by atoms with van der Waals surface area (Å²) < 4.78 is 45.8. The average molecular weight is 479 g/mol. The molecule has 7 heteroatoms. The highest BCUT2D eigenvalue weighted by molar-refractivity contribution is 5.76. The molecule has 35 heavy (non-hydrogen) atoms. The SMILES string of the molecule is CC(Cc1ccc(OCc2ccc(-c3ccc(C(F)(F)F)cc3)cc2)cc1)(C(=O)O)n1cccc1. The second-order valence-corrected chi connectivity index (χ2v) is 8.55. The molecule has 0 amide bonds. The Bertz CT molecular complexity index is 1260. The number of hydrogen-bond donors (Lipinski definition) is 1. The van der Waals surface area contributed by atoms with Crippen molar-refractivity contribution in [2.75, 3.05) is 0 Å². The lowest BCUT2D eigenvalue weighted by molar-refractivity contribution is -0.146. The number of alkyl halides is 3. The normalized spacial score (nSPS) is 13.3. The van der Waals surface area contributed by atoms with Crippen molar-refractivity contribution in [3.63, 3.8) is 0 Å². The van der Waals surface area contributed by atoms with Crippen LogP contribution in [0, 0.1) is 0 Å². The van der Waals surface area contributed by atoms with Crippen LogP contribution in [0.5, 0.6) is 5.75 Å². The predicted molar refractivity (Wildman–Crippen MR) is 127 cm³/mol. The largest absolute Gasteiger partial charge is 0.489 e. The van der Waals surface area contributed by atoms with Gasteiger partial charge in [0, 0.05) is 18.8 Å². The second-order valence-electron chi connectivity index (χ2n) is 8.55. The van der Waals surface area contributed by atoms with Crippen molar-refractivity contribution in [2.45, 2.75) is 31.7 Å². The molecule has 0 aliphatic rings. The number of rotatable bonds is 8. The van der Waals surface area contributed by atoms with Gasteiger partial charge in [-0.2, -0.15) is 13.2 Å². The summed E-state index contributed by atoms with van der Waals surface area (Å²) in [5.41, 5.74) is 1.54. The van der Waals surface area contributed by atoms with Crippen LogP contribution in [0.3, 0.4) is 0 Å². The van der Waals surface area contributed by atoms with Crippen LogP contribution in [0.1, 0.15) is 23.6 Å². The molecular formula is C28H24F3NO3. The van der Waals surface area contributed by atoms with E-state index in [1.807, 2.05) is 48.5 Å². The zero-order valence-electron chi connectivity index (χ0n) is 19.0. The van der Waals surface area contributed by atoms with E-state index in [0.29, 0.717) is 24.3 Å². The highest BCUT2D eigenvalue weighted by Gasteiger charge is 2.34. The number of benzene rings is 3. The van der Waals surface area contributed by atoms with Gasteiger partial charge in [-0.15, -0.1) is 0 Å². The van der Waals surface area contributed by atoms with Crippen LogP contribution in [0.25, 0.3) is 11.1 Å². The van der Waals surface area contributed by atoms with Crippen LogP contribution in [0.4, 0.5) is 13.2 Å². The molecule has 180 valence electrons. The second kappa shape index (κ2) is 9.70. The molecular weight excluding hydrogens is 455 g/mol. The monoisotopic (exact) mass is 479 g/mol. The van der Waals surface area contributed by atoms with Crippen LogP contribution in [0.15, 0.2) is 97.3 Å². The molecule has 0 radical (unpaired) electrons. The summed E-state index contributed by atoms with van der Waals surface area (Å²) in [5.74, 6) is -0.257. The molecule has 1 unspecified atom stereocenters. The first-order chi connectivity index (χ1) is 16.6. The number of nitrogens with zero attached hydrogens (tertiary/aromatic N) is 1. The molecule has 4 rings (SSSR count). The van der Waals surface area contributed by atoms with Crippen molar-refractivity contribution in [3.8, 4) is 16.9 Å². The lowest BCUT2D eigenvalue weighted by atomic mass is 9.92. The Morgan fingerprint density at radius 3 is 1.86 bits per heavy atom. The van der Waals surface area contributed by atoms with Crippen molar-refractivity contribution in [3.05, 3.63) is 114 Å². The Morgan fingerprint density at radius 1 is 0.829 bits per heavy atom. The zero-order valence-corrected chi connectivity index (χ0v) is 19.0. The highest BCUT2D eigenvalue weighted by atomic mass is 19.4. The summed E-state index contributed by atoms with van der Waals surface area (Å²) >= 11 is 0. The van der Waals surface area contributed by atoms with Gasteiger partial charge in [-0.3, -0.25) is 0 Å². The molecule has 0 fully saturated rings. The van der Waals surface area contributed by atoms with Gasteiger partial charge >= 0.3 is 12.1 Å². The van der Waals surface area contributed by atoms with E-state index in [9.17, 15) is 23.1 Å². The molecule has 0 bridgehead atoms. The minimum Gasteiger partial charge on any atom is -0.489 e. The Labute approximate surface area is 201 Å². The maximum Gasteiger partial charge on any atom is 0.416 e. The maximum absolute atomic E-state index is 12.7.